The van der Waals surface area contributed by atoms with Crippen LogP contribution in [0, 0.1) is 0 Å². The quantitative estimate of drug-likeness (QED) is 0.802. The monoisotopic (exact) mass is 300 g/mol. The van der Waals surface area contributed by atoms with Gasteiger partial charge in [0.1, 0.15) is 16.5 Å². The molecule has 3 aromatic rings. The fourth-order valence-corrected chi connectivity index (χ4v) is 3.17. The number of aromatic nitrogens is 1. The molecule has 2 aromatic carbocycles. The van der Waals surface area contributed by atoms with Crippen molar-refractivity contribution in [1.82, 2.24) is 4.98 Å². The first-order valence-electron chi connectivity index (χ1n) is 6.55. The minimum absolute atomic E-state index is 0.300. The molecule has 0 saturated heterocycles. The van der Waals surface area contributed by atoms with E-state index in [1.165, 1.54) is 0 Å². The number of fused-ring (bicyclic) bond motifs is 1. The molecule has 1 heterocycles. The zero-order chi connectivity index (χ0) is 14.8. The molecule has 4 nitrogen and oxygen atoms in total. The van der Waals surface area contributed by atoms with Crippen molar-refractivity contribution < 1.29 is 9.47 Å². The SMILES string of the molecule is COc1cc(OC)cc(C(N)c2nc3ccccc3s2)c1. The minimum Gasteiger partial charge on any atom is -0.497 e. The van der Waals surface area contributed by atoms with Crippen LogP contribution >= 0.6 is 11.3 Å². The van der Waals surface area contributed by atoms with E-state index in [0.717, 1.165) is 32.3 Å². The van der Waals surface area contributed by atoms with E-state index in [9.17, 15) is 0 Å². The Kier molecular flexibility index (Phi) is 3.77. The standard InChI is InChI=1S/C16H16N2O2S/c1-19-11-7-10(8-12(9-11)20-2)15(17)16-18-13-5-3-4-6-14(13)21-16/h3-9,15H,17H2,1-2H3. The second kappa shape index (κ2) is 5.71. The lowest BCUT2D eigenvalue weighted by atomic mass is 10.1. The molecule has 2 N–H and O–H groups in total. The molecular formula is C16H16N2O2S. The topological polar surface area (TPSA) is 57.4 Å². The summed E-state index contributed by atoms with van der Waals surface area (Å²) in [5.74, 6) is 1.45. The van der Waals surface area contributed by atoms with Gasteiger partial charge in [-0.05, 0) is 29.8 Å². The number of methoxy groups -OCH3 is 2. The lowest BCUT2D eigenvalue weighted by Crippen LogP contribution is -2.11. The van der Waals surface area contributed by atoms with Crippen LogP contribution in [0.15, 0.2) is 42.5 Å². The van der Waals surface area contributed by atoms with Crippen molar-refractivity contribution in [2.45, 2.75) is 6.04 Å². The molecular weight excluding hydrogens is 284 g/mol. The Morgan fingerprint density at radius 2 is 1.71 bits per heavy atom. The van der Waals surface area contributed by atoms with E-state index in [0.29, 0.717) is 0 Å². The zero-order valence-corrected chi connectivity index (χ0v) is 12.7. The molecule has 1 aromatic heterocycles. The largest absolute Gasteiger partial charge is 0.497 e. The van der Waals surface area contributed by atoms with Gasteiger partial charge in [-0.2, -0.15) is 0 Å². The Hall–Kier alpha value is -2.11. The van der Waals surface area contributed by atoms with Crippen LogP contribution in [0.1, 0.15) is 16.6 Å². The highest BCUT2D eigenvalue weighted by Crippen LogP contribution is 2.32. The zero-order valence-electron chi connectivity index (χ0n) is 11.9. The summed E-state index contributed by atoms with van der Waals surface area (Å²) < 4.78 is 11.7. The maximum absolute atomic E-state index is 6.36. The van der Waals surface area contributed by atoms with Gasteiger partial charge in [0.15, 0.2) is 0 Å². The van der Waals surface area contributed by atoms with Crippen LogP contribution < -0.4 is 15.2 Å². The summed E-state index contributed by atoms with van der Waals surface area (Å²) in [6.07, 6.45) is 0. The Balaban J connectivity index is 2.02. The van der Waals surface area contributed by atoms with Crippen molar-refractivity contribution in [3.63, 3.8) is 0 Å². The van der Waals surface area contributed by atoms with E-state index in [2.05, 4.69) is 11.1 Å². The van der Waals surface area contributed by atoms with Gasteiger partial charge in [0.05, 0.1) is 30.5 Å². The van der Waals surface area contributed by atoms with Crippen LogP contribution in [0.3, 0.4) is 0 Å². The smallest absolute Gasteiger partial charge is 0.122 e. The summed E-state index contributed by atoms with van der Waals surface area (Å²) >= 11 is 1.61. The Labute approximate surface area is 127 Å². The average molecular weight is 300 g/mol. The van der Waals surface area contributed by atoms with Crippen LogP contribution in [0.5, 0.6) is 11.5 Å². The molecule has 1 unspecified atom stereocenters. The van der Waals surface area contributed by atoms with Crippen LogP contribution in [-0.2, 0) is 0 Å². The molecule has 3 rings (SSSR count). The van der Waals surface area contributed by atoms with Crippen LogP contribution in [0.4, 0.5) is 0 Å². The van der Waals surface area contributed by atoms with Crippen LogP contribution in [-0.4, -0.2) is 19.2 Å². The first kappa shape index (κ1) is 13.9. The van der Waals surface area contributed by atoms with Crippen molar-refractivity contribution in [3.8, 4) is 11.5 Å². The van der Waals surface area contributed by atoms with Crippen molar-refractivity contribution >= 4 is 21.6 Å². The van der Waals surface area contributed by atoms with Gasteiger partial charge < -0.3 is 15.2 Å². The number of benzene rings is 2. The highest BCUT2D eigenvalue weighted by molar-refractivity contribution is 7.18. The van der Waals surface area contributed by atoms with Gasteiger partial charge in [-0.15, -0.1) is 11.3 Å². The summed E-state index contributed by atoms with van der Waals surface area (Å²) in [5.41, 5.74) is 8.26. The fourth-order valence-electron chi connectivity index (χ4n) is 2.17. The second-order valence-corrected chi connectivity index (χ2v) is 5.71. The number of nitrogens with zero attached hydrogens (tertiary/aromatic N) is 1. The average Bonchev–Trinajstić information content (AvgIpc) is 2.97. The van der Waals surface area contributed by atoms with Gasteiger partial charge in [-0.25, -0.2) is 4.98 Å². The summed E-state index contributed by atoms with van der Waals surface area (Å²) in [4.78, 5) is 4.61. The normalized spacial score (nSPS) is 12.3. The number of rotatable bonds is 4. The molecule has 0 fully saturated rings. The van der Waals surface area contributed by atoms with E-state index in [-0.39, 0.29) is 6.04 Å². The van der Waals surface area contributed by atoms with E-state index < -0.39 is 0 Å². The van der Waals surface area contributed by atoms with E-state index in [1.807, 2.05) is 36.4 Å². The van der Waals surface area contributed by atoms with Crippen LogP contribution in [0.2, 0.25) is 0 Å². The number of thiazole rings is 1. The number of ether oxygens (including phenoxy) is 2. The van der Waals surface area contributed by atoms with Crippen LogP contribution in [0.25, 0.3) is 10.2 Å². The Bertz CT molecular complexity index is 715. The molecule has 0 saturated carbocycles. The number of hydrogen-bond acceptors (Lipinski definition) is 5. The van der Waals surface area contributed by atoms with Gasteiger partial charge in [0, 0.05) is 6.07 Å². The lowest BCUT2D eigenvalue weighted by molar-refractivity contribution is 0.393. The fraction of sp³-hybridized carbons (Fsp3) is 0.188. The van der Waals surface area contributed by atoms with E-state index in [4.69, 9.17) is 15.2 Å². The predicted molar refractivity (Wildman–Crippen MR) is 85.2 cm³/mol. The minimum atomic E-state index is -0.300. The first-order chi connectivity index (χ1) is 10.2. The molecule has 0 bridgehead atoms. The molecule has 0 aliphatic heterocycles. The van der Waals surface area contributed by atoms with Gasteiger partial charge in [0.25, 0.3) is 0 Å². The summed E-state index contributed by atoms with van der Waals surface area (Å²) in [6.45, 7) is 0. The summed E-state index contributed by atoms with van der Waals surface area (Å²) in [6, 6.07) is 13.4. The van der Waals surface area contributed by atoms with Crippen molar-refractivity contribution in [1.29, 1.82) is 0 Å². The van der Waals surface area contributed by atoms with Gasteiger partial charge in [-0.1, -0.05) is 12.1 Å². The lowest BCUT2D eigenvalue weighted by Gasteiger charge is -2.12. The number of nitrogens with two attached hydrogens (primary N) is 1. The van der Waals surface area contributed by atoms with Crippen molar-refractivity contribution in [3.05, 3.63) is 53.0 Å². The maximum atomic E-state index is 6.36. The van der Waals surface area contributed by atoms with Crippen molar-refractivity contribution in [2.24, 2.45) is 5.73 Å². The molecule has 0 aliphatic carbocycles. The maximum Gasteiger partial charge on any atom is 0.122 e. The summed E-state index contributed by atoms with van der Waals surface area (Å²) in [7, 11) is 3.25. The Morgan fingerprint density at radius 3 is 2.33 bits per heavy atom. The molecule has 5 heteroatoms. The molecule has 0 aliphatic rings. The number of para-hydroxylation sites is 1. The van der Waals surface area contributed by atoms with E-state index in [1.54, 1.807) is 25.6 Å². The summed E-state index contributed by atoms with van der Waals surface area (Å²) in [5, 5.41) is 0.881. The van der Waals surface area contributed by atoms with Gasteiger partial charge in [0.2, 0.25) is 0 Å². The van der Waals surface area contributed by atoms with Gasteiger partial charge in [-0.3, -0.25) is 0 Å². The third kappa shape index (κ3) is 2.70. The van der Waals surface area contributed by atoms with E-state index >= 15 is 0 Å². The molecule has 0 spiro atoms. The second-order valence-electron chi connectivity index (χ2n) is 4.64. The van der Waals surface area contributed by atoms with Crippen molar-refractivity contribution in [2.75, 3.05) is 14.2 Å². The third-order valence-electron chi connectivity index (χ3n) is 3.31. The predicted octanol–water partition coefficient (Wildman–Crippen LogP) is 3.36. The molecule has 1 atom stereocenters. The highest BCUT2D eigenvalue weighted by atomic mass is 32.1. The first-order valence-corrected chi connectivity index (χ1v) is 7.37. The molecule has 0 radical (unpaired) electrons. The molecule has 108 valence electrons. The third-order valence-corrected chi connectivity index (χ3v) is 4.43. The molecule has 0 amide bonds. The highest BCUT2D eigenvalue weighted by Gasteiger charge is 2.16. The number of hydrogen-bond donors (Lipinski definition) is 1. The van der Waals surface area contributed by atoms with Gasteiger partial charge >= 0.3 is 0 Å². The Morgan fingerprint density at radius 1 is 1.05 bits per heavy atom. The molecule has 21 heavy (non-hydrogen) atoms.